The maximum absolute atomic E-state index is 12.4. The number of amides is 1. The Kier molecular flexibility index (Phi) is 6.64. The molecule has 7 heteroatoms. The zero-order chi connectivity index (χ0) is 16.0. The van der Waals surface area contributed by atoms with Crippen LogP contribution in [0.15, 0.2) is 23.1 Å². The number of carbonyl (C=O) groups excluding carboxylic acids is 1. The van der Waals surface area contributed by atoms with E-state index in [2.05, 4.69) is 0 Å². The highest BCUT2D eigenvalue weighted by atomic mass is 35.7. The molecule has 0 N–H and O–H groups in total. The molecule has 0 bridgehead atoms. The van der Waals surface area contributed by atoms with Crippen molar-refractivity contribution in [2.45, 2.75) is 25.2 Å². The maximum Gasteiger partial charge on any atom is 0.261 e. The molecule has 21 heavy (non-hydrogen) atoms. The van der Waals surface area contributed by atoms with Gasteiger partial charge in [0.15, 0.2) is 0 Å². The van der Waals surface area contributed by atoms with Crippen LogP contribution < -0.4 is 0 Å². The molecule has 1 aromatic rings. The minimum absolute atomic E-state index is 0.000288. The van der Waals surface area contributed by atoms with E-state index in [0.717, 1.165) is 0 Å². The summed E-state index contributed by atoms with van der Waals surface area (Å²) in [4.78, 5) is 14.0. The standard InChI is InChI=1S/C14H20ClNO4S/c1-4-11-6-7-12(10-13(11)21(15,18)19)14(17)16(5-2)8-9-20-3/h6-7,10H,4-5,8-9H2,1-3H3. The highest BCUT2D eigenvalue weighted by molar-refractivity contribution is 8.13. The van der Waals surface area contributed by atoms with Crippen molar-refractivity contribution in [3.05, 3.63) is 29.3 Å². The Morgan fingerprint density at radius 2 is 2.00 bits per heavy atom. The monoisotopic (exact) mass is 333 g/mol. The van der Waals surface area contributed by atoms with Crippen molar-refractivity contribution >= 4 is 25.6 Å². The number of benzene rings is 1. The van der Waals surface area contributed by atoms with Crippen LogP contribution in [0.2, 0.25) is 0 Å². The lowest BCUT2D eigenvalue weighted by atomic mass is 10.1. The fourth-order valence-electron chi connectivity index (χ4n) is 1.99. The Bertz CT molecular complexity index is 601. The molecule has 5 nitrogen and oxygen atoms in total. The highest BCUT2D eigenvalue weighted by Crippen LogP contribution is 2.23. The molecule has 0 aliphatic carbocycles. The number of methoxy groups -OCH3 is 1. The third-order valence-electron chi connectivity index (χ3n) is 3.19. The zero-order valence-corrected chi connectivity index (χ0v) is 14.0. The molecule has 1 rings (SSSR count). The Labute approximate surface area is 130 Å². The summed E-state index contributed by atoms with van der Waals surface area (Å²) in [5, 5.41) is 0. The molecule has 118 valence electrons. The van der Waals surface area contributed by atoms with Gasteiger partial charge in [0.05, 0.1) is 11.5 Å². The molecule has 0 unspecified atom stereocenters. The Morgan fingerprint density at radius 1 is 1.33 bits per heavy atom. The van der Waals surface area contributed by atoms with Crippen molar-refractivity contribution in [2.75, 3.05) is 26.8 Å². The third-order valence-corrected chi connectivity index (χ3v) is 4.60. The number of rotatable bonds is 7. The molecule has 0 saturated heterocycles. The quantitative estimate of drug-likeness (QED) is 0.718. The Hall–Kier alpha value is -1.11. The van der Waals surface area contributed by atoms with Gasteiger partial charge < -0.3 is 9.64 Å². The van der Waals surface area contributed by atoms with E-state index >= 15 is 0 Å². The SMILES string of the molecule is CCc1ccc(C(=O)N(CC)CCOC)cc1S(=O)(=O)Cl. The average molecular weight is 334 g/mol. The molecule has 0 aliphatic heterocycles. The maximum atomic E-state index is 12.4. The second-order valence-corrected chi connectivity index (χ2v) is 7.03. The normalized spacial score (nSPS) is 11.4. The molecular weight excluding hydrogens is 314 g/mol. The minimum Gasteiger partial charge on any atom is -0.383 e. The molecule has 0 aromatic heterocycles. The molecule has 0 radical (unpaired) electrons. The van der Waals surface area contributed by atoms with Gasteiger partial charge in [-0.15, -0.1) is 0 Å². The van der Waals surface area contributed by atoms with E-state index in [1.807, 2.05) is 13.8 Å². The summed E-state index contributed by atoms with van der Waals surface area (Å²) in [7, 11) is 3.13. The Balaban J connectivity index is 3.16. The van der Waals surface area contributed by atoms with Gasteiger partial charge in [-0.25, -0.2) is 8.42 Å². The predicted octanol–water partition coefficient (Wildman–Crippen LogP) is 2.29. The summed E-state index contributed by atoms with van der Waals surface area (Å²) in [6, 6.07) is 4.60. The first-order chi connectivity index (χ1) is 9.85. The van der Waals surface area contributed by atoms with Gasteiger partial charge in [0.2, 0.25) is 0 Å². The number of carbonyl (C=O) groups is 1. The molecule has 0 atom stereocenters. The smallest absolute Gasteiger partial charge is 0.261 e. The number of nitrogens with zero attached hydrogens (tertiary/aromatic N) is 1. The molecule has 0 aliphatic rings. The number of aryl methyl sites for hydroxylation is 1. The van der Waals surface area contributed by atoms with E-state index in [1.54, 1.807) is 24.1 Å². The van der Waals surface area contributed by atoms with Crippen LogP contribution in [0, 0.1) is 0 Å². The molecule has 1 aromatic carbocycles. The van der Waals surface area contributed by atoms with Crippen molar-refractivity contribution in [3.8, 4) is 0 Å². The first-order valence-electron chi connectivity index (χ1n) is 6.70. The predicted molar refractivity (Wildman–Crippen MR) is 82.3 cm³/mol. The van der Waals surface area contributed by atoms with Crippen LogP contribution in [-0.4, -0.2) is 46.0 Å². The number of halogens is 1. The van der Waals surface area contributed by atoms with Crippen molar-refractivity contribution < 1.29 is 17.9 Å². The van der Waals surface area contributed by atoms with Gasteiger partial charge in [0.25, 0.3) is 15.0 Å². The molecular formula is C14H20ClNO4S. The van der Waals surface area contributed by atoms with Crippen LogP contribution in [-0.2, 0) is 20.2 Å². The molecule has 0 fully saturated rings. The lowest BCUT2D eigenvalue weighted by Crippen LogP contribution is -2.33. The first kappa shape index (κ1) is 17.9. The van der Waals surface area contributed by atoms with Crippen LogP contribution in [0.5, 0.6) is 0 Å². The second-order valence-electron chi connectivity index (χ2n) is 4.49. The lowest BCUT2D eigenvalue weighted by Gasteiger charge is -2.21. The Morgan fingerprint density at radius 3 is 2.48 bits per heavy atom. The van der Waals surface area contributed by atoms with Gasteiger partial charge in [-0.2, -0.15) is 0 Å². The van der Waals surface area contributed by atoms with Crippen LogP contribution in [0.4, 0.5) is 0 Å². The van der Waals surface area contributed by atoms with Gasteiger partial charge in [-0.3, -0.25) is 4.79 Å². The van der Waals surface area contributed by atoms with Crippen LogP contribution in [0.25, 0.3) is 0 Å². The number of ether oxygens (including phenoxy) is 1. The van der Waals surface area contributed by atoms with Crippen molar-refractivity contribution in [1.82, 2.24) is 4.90 Å². The summed E-state index contributed by atoms with van der Waals surface area (Å²) in [6.45, 7) is 5.07. The third kappa shape index (κ3) is 4.69. The summed E-state index contributed by atoms with van der Waals surface area (Å²) in [5.74, 6) is -0.237. The van der Waals surface area contributed by atoms with Gasteiger partial charge in [-0.05, 0) is 31.0 Å². The van der Waals surface area contributed by atoms with Crippen LogP contribution in [0.3, 0.4) is 0 Å². The summed E-state index contributed by atoms with van der Waals surface area (Å²) < 4.78 is 28.2. The number of hydrogen-bond donors (Lipinski definition) is 0. The summed E-state index contributed by atoms with van der Waals surface area (Å²) >= 11 is 0. The summed E-state index contributed by atoms with van der Waals surface area (Å²) in [5.41, 5.74) is 0.908. The zero-order valence-electron chi connectivity index (χ0n) is 12.4. The van der Waals surface area contributed by atoms with Crippen LogP contribution in [0.1, 0.15) is 29.8 Å². The molecule has 0 heterocycles. The van der Waals surface area contributed by atoms with Gasteiger partial charge in [0, 0.05) is 36.4 Å². The lowest BCUT2D eigenvalue weighted by molar-refractivity contribution is 0.0706. The van der Waals surface area contributed by atoms with Crippen LogP contribution >= 0.6 is 10.7 Å². The van der Waals surface area contributed by atoms with E-state index in [0.29, 0.717) is 37.2 Å². The summed E-state index contributed by atoms with van der Waals surface area (Å²) in [6.07, 6.45) is 0.525. The minimum atomic E-state index is -3.87. The first-order valence-corrected chi connectivity index (χ1v) is 9.01. The van der Waals surface area contributed by atoms with Gasteiger partial charge >= 0.3 is 0 Å². The van der Waals surface area contributed by atoms with Crippen molar-refractivity contribution in [2.24, 2.45) is 0 Å². The van der Waals surface area contributed by atoms with E-state index < -0.39 is 9.05 Å². The molecule has 1 amide bonds. The molecule has 0 saturated carbocycles. The largest absolute Gasteiger partial charge is 0.383 e. The van der Waals surface area contributed by atoms with Crippen molar-refractivity contribution in [3.63, 3.8) is 0 Å². The molecule has 0 spiro atoms. The van der Waals surface area contributed by atoms with Crippen molar-refractivity contribution in [1.29, 1.82) is 0 Å². The van der Waals surface area contributed by atoms with E-state index in [1.165, 1.54) is 6.07 Å². The van der Waals surface area contributed by atoms with Gasteiger partial charge in [0.1, 0.15) is 0 Å². The second kappa shape index (κ2) is 7.77. The van der Waals surface area contributed by atoms with E-state index in [9.17, 15) is 13.2 Å². The number of likely N-dealkylation sites (N-methyl/N-ethyl adjacent to an activating group) is 1. The van der Waals surface area contributed by atoms with Gasteiger partial charge in [-0.1, -0.05) is 13.0 Å². The van der Waals surface area contributed by atoms with E-state index in [-0.39, 0.29) is 10.8 Å². The fraction of sp³-hybridized carbons (Fsp3) is 0.500. The number of hydrogen-bond acceptors (Lipinski definition) is 4. The fourth-order valence-corrected chi connectivity index (χ4v) is 3.22. The topological polar surface area (TPSA) is 63.7 Å². The van der Waals surface area contributed by atoms with E-state index in [4.69, 9.17) is 15.4 Å². The highest BCUT2D eigenvalue weighted by Gasteiger charge is 2.20. The average Bonchev–Trinajstić information content (AvgIpc) is 2.46.